The van der Waals surface area contributed by atoms with Gasteiger partial charge in [0.15, 0.2) is 5.82 Å². The Morgan fingerprint density at radius 3 is 1.50 bits per heavy atom. The maximum Gasteiger partial charge on any atom is 0.160 e. The third-order valence-electron chi connectivity index (χ3n) is 11.4. The Balaban J connectivity index is 0.938. The van der Waals surface area contributed by atoms with Gasteiger partial charge in [0, 0.05) is 40.0 Å². The molecule has 58 heavy (non-hydrogen) atoms. The first-order valence-corrected chi connectivity index (χ1v) is 19.7. The van der Waals surface area contributed by atoms with Gasteiger partial charge >= 0.3 is 0 Å². The summed E-state index contributed by atoms with van der Waals surface area (Å²) >= 11 is 0. The van der Waals surface area contributed by atoms with Crippen LogP contribution in [0, 0.1) is 0 Å². The highest BCUT2D eigenvalue weighted by Crippen LogP contribution is 2.40. The van der Waals surface area contributed by atoms with Crippen molar-refractivity contribution in [2.24, 2.45) is 0 Å². The fourth-order valence-corrected chi connectivity index (χ4v) is 8.42. The fourth-order valence-electron chi connectivity index (χ4n) is 8.42. The molecule has 0 amide bonds. The van der Waals surface area contributed by atoms with Gasteiger partial charge < -0.3 is 0 Å². The van der Waals surface area contributed by atoms with E-state index in [0.717, 1.165) is 50.2 Å². The predicted molar refractivity (Wildman–Crippen MR) is 242 cm³/mol. The van der Waals surface area contributed by atoms with Gasteiger partial charge in [0.1, 0.15) is 0 Å². The molecule has 0 saturated heterocycles. The van der Waals surface area contributed by atoms with E-state index in [1.165, 1.54) is 54.4 Å². The molecule has 0 N–H and O–H groups in total. The van der Waals surface area contributed by atoms with Crippen molar-refractivity contribution in [2.75, 3.05) is 0 Å². The Hall–Kier alpha value is -7.75. The molecule has 11 rings (SSSR count). The van der Waals surface area contributed by atoms with Gasteiger partial charge in [-0.2, -0.15) is 0 Å². The molecule has 0 aliphatic rings. The van der Waals surface area contributed by atoms with E-state index in [9.17, 15) is 0 Å². The van der Waals surface area contributed by atoms with Crippen LogP contribution in [-0.2, 0) is 0 Å². The molecule has 0 aliphatic heterocycles. The van der Waals surface area contributed by atoms with E-state index >= 15 is 0 Å². The zero-order chi connectivity index (χ0) is 38.4. The number of hydrogen-bond acceptors (Lipinski definition) is 3. The molecule has 0 unspecified atom stereocenters. The third-order valence-corrected chi connectivity index (χ3v) is 11.4. The van der Waals surface area contributed by atoms with Gasteiger partial charge in [-0.05, 0) is 77.7 Å². The number of benzene rings is 9. The van der Waals surface area contributed by atoms with Crippen LogP contribution in [0.3, 0.4) is 0 Å². The second kappa shape index (κ2) is 14.1. The van der Waals surface area contributed by atoms with Crippen LogP contribution in [0.15, 0.2) is 213 Å². The third kappa shape index (κ3) is 5.98. The summed E-state index contributed by atoms with van der Waals surface area (Å²) in [5.41, 5.74) is 11.8. The smallest absolute Gasteiger partial charge is 0.160 e. The molecule has 2 aromatic heterocycles. The largest absolute Gasteiger partial charge is 0.263 e. The summed E-state index contributed by atoms with van der Waals surface area (Å²) in [4.78, 5) is 14.7. The summed E-state index contributed by atoms with van der Waals surface area (Å²) in [6.45, 7) is 0. The average molecular weight is 738 g/mol. The van der Waals surface area contributed by atoms with Crippen LogP contribution in [-0.4, -0.2) is 15.0 Å². The standard InChI is InChI=1S/C55H35N3/c1-2-11-43(12-3-1)55-57-52(33-53(58-55)41-26-22-39(23-27-41)51-35-56-34-45-14-6-8-16-47(45)51)40-24-18-36(19-25-40)37-20-28-42(29-21-37)54-48-17-9-5-13-44(48)32-50-46-15-7-4-10-38(46)30-31-49(50)54/h1-35H. The maximum atomic E-state index is 5.10. The van der Waals surface area contributed by atoms with Crippen LogP contribution in [0.4, 0.5) is 0 Å². The Bertz CT molecular complexity index is 3290. The molecule has 0 saturated carbocycles. The van der Waals surface area contributed by atoms with E-state index in [4.69, 9.17) is 9.97 Å². The van der Waals surface area contributed by atoms with Crippen LogP contribution in [0.5, 0.6) is 0 Å². The van der Waals surface area contributed by atoms with E-state index in [1.54, 1.807) is 0 Å². The topological polar surface area (TPSA) is 38.7 Å². The van der Waals surface area contributed by atoms with Gasteiger partial charge in [0.2, 0.25) is 0 Å². The van der Waals surface area contributed by atoms with Gasteiger partial charge in [-0.15, -0.1) is 0 Å². The molecule has 0 aliphatic carbocycles. The van der Waals surface area contributed by atoms with Gasteiger partial charge in [0.05, 0.1) is 11.4 Å². The molecule has 0 bridgehead atoms. The molecule has 9 aromatic carbocycles. The van der Waals surface area contributed by atoms with E-state index < -0.39 is 0 Å². The highest BCUT2D eigenvalue weighted by Gasteiger charge is 2.14. The molecule has 0 spiro atoms. The summed E-state index contributed by atoms with van der Waals surface area (Å²) in [5, 5.41) is 9.92. The quantitative estimate of drug-likeness (QED) is 0.126. The molecular weight excluding hydrogens is 703 g/mol. The summed E-state index contributed by atoms with van der Waals surface area (Å²) in [6, 6.07) is 71.3. The van der Waals surface area contributed by atoms with Crippen LogP contribution in [0.25, 0.3) is 110 Å². The van der Waals surface area contributed by atoms with Crippen molar-refractivity contribution in [1.29, 1.82) is 0 Å². The number of pyridine rings is 1. The number of aromatic nitrogens is 3. The number of rotatable bonds is 6. The van der Waals surface area contributed by atoms with Crippen LogP contribution in [0.1, 0.15) is 0 Å². The second-order valence-electron chi connectivity index (χ2n) is 14.8. The van der Waals surface area contributed by atoms with Gasteiger partial charge in [0.25, 0.3) is 0 Å². The fraction of sp³-hybridized carbons (Fsp3) is 0. The zero-order valence-electron chi connectivity index (χ0n) is 31.5. The highest BCUT2D eigenvalue weighted by atomic mass is 14.9. The lowest BCUT2D eigenvalue weighted by Gasteiger charge is -2.14. The van der Waals surface area contributed by atoms with Crippen LogP contribution >= 0.6 is 0 Å². The Labute approximate surface area is 336 Å². The van der Waals surface area contributed by atoms with Gasteiger partial charge in [-0.3, -0.25) is 4.98 Å². The first kappa shape index (κ1) is 33.6. The summed E-state index contributed by atoms with van der Waals surface area (Å²) in [7, 11) is 0. The van der Waals surface area contributed by atoms with Crippen molar-refractivity contribution < 1.29 is 0 Å². The molecular formula is C55H35N3. The van der Waals surface area contributed by atoms with Crippen molar-refractivity contribution >= 4 is 43.1 Å². The summed E-state index contributed by atoms with van der Waals surface area (Å²) in [5.74, 6) is 0.698. The van der Waals surface area contributed by atoms with Crippen molar-refractivity contribution in [1.82, 2.24) is 15.0 Å². The molecule has 2 heterocycles. The van der Waals surface area contributed by atoms with Crippen molar-refractivity contribution in [3.05, 3.63) is 213 Å². The first-order chi connectivity index (χ1) is 28.7. The van der Waals surface area contributed by atoms with E-state index in [2.05, 4.69) is 187 Å². The molecule has 270 valence electrons. The molecule has 3 nitrogen and oxygen atoms in total. The normalized spacial score (nSPS) is 11.4. The second-order valence-corrected chi connectivity index (χ2v) is 14.8. The van der Waals surface area contributed by atoms with Gasteiger partial charge in [-0.1, -0.05) is 188 Å². The van der Waals surface area contributed by atoms with Crippen molar-refractivity contribution in [3.63, 3.8) is 0 Å². The maximum absolute atomic E-state index is 5.10. The van der Waals surface area contributed by atoms with Crippen molar-refractivity contribution in [2.45, 2.75) is 0 Å². The van der Waals surface area contributed by atoms with Crippen LogP contribution < -0.4 is 0 Å². The Morgan fingerprint density at radius 1 is 0.276 bits per heavy atom. The highest BCUT2D eigenvalue weighted by molar-refractivity contribution is 6.20. The molecule has 11 aromatic rings. The molecule has 3 heteroatoms. The van der Waals surface area contributed by atoms with Gasteiger partial charge in [-0.25, -0.2) is 9.97 Å². The van der Waals surface area contributed by atoms with E-state index in [1.807, 2.05) is 30.6 Å². The molecule has 0 radical (unpaired) electrons. The minimum Gasteiger partial charge on any atom is -0.263 e. The SMILES string of the molecule is c1ccc(-c2nc(-c3ccc(-c4ccc(-c5c6ccccc6cc6c5ccc5ccccc56)cc4)cc3)cc(-c3ccc(-c4cncc5ccccc45)cc3)n2)cc1. The number of hydrogen-bond donors (Lipinski definition) is 0. The number of nitrogens with zero attached hydrogens (tertiary/aromatic N) is 3. The first-order valence-electron chi connectivity index (χ1n) is 19.7. The summed E-state index contributed by atoms with van der Waals surface area (Å²) in [6.07, 6.45) is 3.86. The monoisotopic (exact) mass is 737 g/mol. The minimum absolute atomic E-state index is 0.698. The summed E-state index contributed by atoms with van der Waals surface area (Å²) < 4.78 is 0. The molecule has 0 atom stereocenters. The predicted octanol–water partition coefficient (Wildman–Crippen LogP) is 14.5. The van der Waals surface area contributed by atoms with Crippen LogP contribution in [0.2, 0.25) is 0 Å². The lowest BCUT2D eigenvalue weighted by molar-refractivity contribution is 1.18. The lowest BCUT2D eigenvalue weighted by Crippen LogP contribution is -1.96. The van der Waals surface area contributed by atoms with Crippen molar-refractivity contribution in [3.8, 4) is 67.3 Å². The lowest BCUT2D eigenvalue weighted by atomic mass is 9.89. The Kier molecular flexibility index (Phi) is 8.15. The number of fused-ring (bicyclic) bond motifs is 5. The Morgan fingerprint density at radius 2 is 0.810 bits per heavy atom. The average Bonchev–Trinajstić information content (AvgIpc) is 3.31. The van der Waals surface area contributed by atoms with E-state index in [-0.39, 0.29) is 0 Å². The van der Waals surface area contributed by atoms with E-state index in [0.29, 0.717) is 5.82 Å². The zero-order valence-corrected chi connectivity index (χ0v) is 31.5. The molecule has 0 fully saturated rings. The minimum atomic E-state index is 0.698.